The molecule has 2 heterocycles. The van der Waals surface area contributed by atoms with E-state index in [2.05, 4.69) is 15.3 Å². The normalized spacial score (nSPS) is 12.2. The molecular formula is C18H19N3O4. The van der Waals surface area contributed by atoms with Crippen molar-refractivity contribution in [1.82, 2.24) is 15.3 Å². The molecule has 7 nitrogen and oxygen atoms in total. The molecule has 0 aliphatic carbocycles. The summed E-state index contributed by atoms with van der Waals surface area (Å²) in [6, 6.07) is 9.25. The van der Waals surface area contributed by atoms with E-state index in [1.165, 1.54) is 0 Å². The SMILES string of the molecule is Cc1[nH]c(=O)[nH]c(=O)c1CCC(=O)N[C@@H](C)c1cc2ccccc2o1. The van der Waals surface area contributed by atoms with Crippen molar-refractivity contribution in [3.05, 3.63) is 68.2 Å². The smallest absolute Gasteiger partial charge is 0.325 e. The Hall–Kier alpha value is -3.09. The van der Waals surface area contributed by atoms with Gasteiger partial charge in [-0.1, -0.05) is 18.2 Å². The maximum Gasteiger partial charge on any atom is 0.325 e. The van der Waals surface area contributed by atoms with Gasteiger partial charge in [0.1, 0.15) is 11.3 Å². The van der Waals surface area contributed by atoms with Gasteiger partial charge in [-0.05, 0) is 32.4 Å². The number of aryl methyl sites for hydroxylation is 1. The Kier molecular flexibility index (Phi) is 4.56. The molecule has 0 bridgehead atoms. The number of rotatable bonds is 5. The van der Waals surface area contributed by atoms with Gasteiger partial charge < -0.3 is 14.7 Å². The van der Waals surface area contributed by atoms with Crippen LogP contribution in [0.4, 0.5) is 0 Å². The van der Waals surface area contributed by atoms with E-state index in [0.29, 0.717) is 17.0 Å². The minimum Gasteiger partial charge on any atom is -0.459 e. The summed E-state index contributed by atoms with van der Waals surface area (Å²) < 4.78 is 5.74. The molecule has 0 fully saturated rings. The highest BCUT2D eigenvalue weighted by Gasteiger charge is 2.15. The van der Waals surface area contributed by atoms with Gasteiger partial charge in [0, 0.05) is 23.1 Å². The van der Waals surface area contributed by atoms with Gasteiger partial charge in [0.05, 0.1) is 6.04 Å². The largest absolute Gasteiger partial charge is 0.459 e. The Labute approximate surface area is 143 Å². The zero-order valence-corrected chi connectivity index (χ0v) is 14.0. The number of fused-ring (bicyclic) bond motifs is 1. The quantitative estimate of drug-likeness (QED) is 0.659. The first-order valence-electron chi connectivity index (χ1n) is 8.04. The maximum absolute atomic E-state index is 12.2. The number of H-pyrrole nitrogens is 2. The van der Waals surface area contributed by atoms with Gasteiger partial charge in [-0.15, -0.1) is 0 Å². The topological polar surface area (TPSA) is 108 Å². The Morgan fingerprint density at radius 3 is 2.72 bits per heavy atom. The van der Waals surface area contributed by atoms with Crippen molar-refractivity contribution < 1.29 is 9.21 Å². The first kappa shape index (κ1) is 16.8. The number of carbonyl (C=O) groups excluding carboxylic acids is 1. The fraction of sp³-hybridized carbons (Fsp3) is 0.278. The zero-order chi connectivity index (χ0) is 18.0. The van der Waals surface area contributed by atoms with Crippen LogP contribution in [-0.2, 0) is 11.2 Å². The third-order valence-electron chi connectivity index (χ3n) is 4.11. The van der Waals surface area contributed by atoms with Gasteiger partial charge in [-0.25, -0.2) is 4.79 Å². The lowest BCUT2D eigenvalue weighted by Crippen LogP contribution is -2.30. The third kappa shape index (κ3) is 3.71. The molecule has 0 saturated carbocycles. The lowest BCUT2D eigenvalue weighted by atomic mass is 10.1. The molecule has 3 rings (SSSR count). The highest BCUT2D eigenvalue weighted by molar-refractivity contribution is 5.79. The van der Waals surface area contributed by atoms with Crippen LogP contribution < -0.4 is 16.6 Å². The molecule has 3 aromatic rings. The minimum atomic E-state index is -0.547. The van der Waals surface area contributed by atoms with E-state index < -0.39 is 11.2 Å². The molecular weight excluding hydrogens is 322 g/mol. The number of hydrogen-bond donors (Lipinski definition) is 3. The van der Waals surface area contributed by atoms with Crippen LogP contribution in [-0.4, -0.2) is 15.9 Å². The summed E-state index contributed by atoms with van der Waals surface area (Å²) >= 11 is 0. The maximum atomic E-state index is 12.2. The number of amides is 1. The molecule has 3 N–H and O–H groups in total. The second kappa shape index (κ2) is 6.80. The highest BCUT2D eigenvalue weighted by atomic mass is 16.3. The summed E-state index contributed by atoms with van der Waals surface area (Å²) in [6.45, 7) is 3.48. The van der Waals surface area contributed by atoms with Crippen molar-refractivity contribution >= 4 is 16.9 Å². The van der Waals surface area contributed by atoms with Crippen LogP contribution in [0.2, 0.25) is 0 Å². The summed E-state index contributed by atoms with van der Waals surface area (Å²) in [6.07, 6.45) is 0.386. The van der Waals surface area contributed by atoms with Gasteiger partial charge in [0.15, 0.2) is 0 Å². The number of furan rings is 1. The molecule has 0 saturated heterocycles. The number of aromatic amines is 2. The van der Waals surface area contributed by atoms with E-state index >= 15 is 0 Å². The molecule has 0 aliphatic heterocycles. The van der Waals surface area contributed by atoms with Crippen LogP contribution in [0, 0.1) is 6.92 Å². The monoisotopic (exact) mass is 341 g/mol. The second-order valence-corrected chi connectivity index (χ2v) is 5.99. The summed E-state index contributed by atoms with van der Waals surface area (Å²) in [7, 11) is 0. The second-order valence-electron chi connectivity index (χ2n) is 5.99. The van der Waals surface area contributed by atoms with Gasteiger partial charge in [-0.2, -0.15) is 0 Å². The Morgan fingerprint density at radius 1 is 1.24 bits per heavy atom. The summed E-state index contributed by atoms with van der Waals surface area (Å²) in [5.41, 5.74) is 0.653. The Bertz CT molecular complexity index is 995. The molecule has 0 aliphatic rings. The third-order valence-corrected chi connectivity index (χ3v) is 4.11. The predicted octanol–water partition coefficient (Wildman–Crippen LogP) is 1.93. The molecule has 1 aromatic carbocycles. The van der Waals surface area contributed by atoms with Crippen LogP contribution >= 0.6 is 0 Å². The van der Waals surface area contributed by atoms with E-state index in [9.17, 15) is 14.4 Å². The van der Waals surface area contributed by atoms with E-state index in [0.717, 1.165) is 11.0 Å². The molecule has 0 radical (unpaired) electrons. The van der Waals surface area contributed by atoms with Crippen molar-refractivity contribution in [3.8, 4) is 0 Å². The van der Waals surface area contributed by atoms with E-state index in [1.807, 2.05) is 37.3 Å². The van der Waals surface area contributed by atoms with Crippen LogP contribution in [0.25, 0.3) is 11.0 Å². The van der Waals surface area contributed by atoms with E-state index in [-0.39, 0.29) is 24.8 Å². The van der Waals surface area contributed by atoms with Gasteiger partial charge in [0.25, 0.3) is 5.56 Å². The number of aromatic nitrogens is 2. The fourth-order valence-corrected chi connectivity index (χ4v) is 2.77. The van der Waals surface area contributed by atoms with Crippen LogP contribution in [0.5, 0.6) is 0 Å². The molecule has 7 heteroatoms. The summed E-state index contributed by atoms with van der Waals surface area (Å²) in [5, 5.41) is 3.84. The van der Waals surface area contributed by atoms with Gasteiger partial charge in [-0.3, -0.25) is 14.6 Å². The molecule has 1 atom stereocenters. The van der Waals surface area contributed by atoms with Crippen molar-refractivity contribution in [2.24, 2.45) is 0 Å². The van der Waals surface area contributed by atoms with Crippen molar-refractivity contribution in [2.45, 2.75) is 32.7 Å². The standard InChI is InChI=1S/C18H19N3O4/c1-10-13(17(23)21-18(24)20-10)7-8-16(22)19-11(2)15-9-12-5-3-4-6-14(12)25-15/h3-6,9,11H,7-8H2,1-2H3,(H,19,22)(H2,20,21,23,24)/t11-/m0/s1. The molecule has 2 aromatic heterocycles. The molecule has 0 spiro atoms. The Balaban J connectivity index is 1.64. The van der Waals surface area contributed by atoms with E-state index in [4.69, 9.17) is 4.42 Å². The lowest BCUT2D eigenvalue weighted by molar-refractivity contribution is -0.121. The number of para-hydroxylation sites is 1. The predicted molar refractivity (Wildman–Crippen MR) is 93.5 cm³/mol. The summed E-state index contributed by atoms with van der Waals surface area (Å²) in [5.74, 6) is 0.477. The molecule has 25 heavy (non-hydrogen) atoms. The highest BCUT2D eigenvalue weighted by Crippen LogP contribution is 2.23. The number of benzene rings is 1. The fourth-order valence-electron chi connectivity index (χ4n) is 2.77. The zero-order valence-electron chi connectivity index (χ0n) is 14.0. The van der Waals surface area contributed by atoms with E-state index in [1.54, 1.807) is 6.92 Å². The van der Waals surface area contributed by atoms with Crippen molar-refractivity contribution in [2.75, 3.05) is 0 Å². The Morgan fingerprint density at radius 2 is 2.00 bits per heavy atom. The van der Waals surface area contributed by atoms with Crippen LogP contribution in [0.3, 0.4) is 0 Å². The van der Waals surface area contributed by atoms with Crippen molar-refractivity contribution in [1.29, 1.82) is 0 Å². The molecule has 1 amide bonds. The lowest BCUT2D eigenvalue weighted by Gasteiger charge is -2.11. The van der Waals surface area contributed by atoms with Crippen LogP contribution in [0.15, 0.2) is 44.3 Å². The average molecular weight is 341 g/mol. The number of hydrogen-bond acceptors (Lipinski definition) is 4. The number of carbonyl (C=O) groups is 1. The molecule has 130 valence electrons. The van der Waals surface area contributed by atoms with Gasteiger partial charge >= 0.3 is 5.69 Å². The molecule has 0 unspecified atom stereocenters. The van der Waals surface area contributed by atoms with Crippen LogP contribution in [0.1, 0.15) is 36.4 Å². The van der Waals surface area contributed by atoms with Crippen molar-refractivity contribution in [3.63, 3.8) is 0 Å². The minimum absolute atomic E-state index is 0.139. The number of nitrogens with one attached hydrogen (secondary N) is 3. The first-order chi connectivity index (χ1) is 11.9. The summed E-state index contributed by atoms with van der Waals surface area (Å²) in [4.78, 5) is 39.8. The first-order valence-corrected chi connectivity index (χ1v) is 8.04. The average Bonchev–Trinajstić information content (AvgIpc) is 2.98. The van der Waals surface area contributed by atoms with Gasteiger partial charge in [0.2, 0.25) is 5.91 Å².